The van der Waals surface area contributed by atoms with Crippen molar-refractivity contribution in [2.24, 2.45) is 0 Å². The summed E-state index contributed by atoms with van der Waals surface area (Å²) in [5.74, 6) is -0.573. The van der Waals surface area contributed by atoms with Crippen LogP contribution in [0.5, 0.6) is 0 Å². The maximum Gasteiger partial charge on any atom is 0.227 e. The first-order chi connectivity index (χ1) is 10.1. The summed E-state index contributed by atoms with van der Waals surface area (Å²) in [5.41, 5.74) is 0.555. The minimum atomic E-state index is -0.568. The highest BCUT2D eigenvalue weighted by molar-refractivity contribution is 6.14. The zero-order valence-corrected chi connectivity index (χ0v) is 12.0. The highest BCUT2D eigenvalue weighted by atomic mass is 16.3. The normalized spacial score (nSPS) is 12.1. The monoisotopic (exact) mass is 285 g/mol. The van der Waals surface area contributed by atoms with Gasteiger partial charge in [0.05, 0.1) is 12.5 Å². The first kappa shape index (κ1) is 15.2. The molecule has 2 aromatic rings. The number of Topliss-reactive ketones (excluding diaryl/α,β-unsaturated/α-hetero) is 1. The number of aliphatic hydroxyl groups is 1. The number of rotatable bonds is 6. The molecular formula is C17H19NO3. The molecule has 4 heteroatoms. The highest BCUT2D eigenvalue weighted by Crippen LogP contribution is 2.19. The smallest absolute Gasteiger partial charge is 0.227 e. The second-order valence-corrected chi connectivity index (χ2v) is 4.99. The zero-order valence-electron chi connectivity index (χ0n) is 12.0. The molecule has 0 fully saturated rings. The molecule has 0 aliphatic rings. The first-order valence-electron chi connectivity index (χ1n) is 7.07. The summed E-state index contributed by atoms with van der Waals surface area (Å²) < 4.78 is 0. The van der Waals surface area contributed by atoms with Gasteiger partial charge in [0.15, 0.2) is 5.78 Å². The fourth-order valence-electron chi connectivity index (χ4n) is 2.15. The molecule has 0 radical (unpaired) electrons. The third-order valence-electron chi connectivity index (χ3n) is 3.42. The number of ketones is 1. The second kappa shape index (κ2) is 6.99. The average Bonchev–Trinajstić information content (AvgIpc) is 2.51. The van der Waals surface area contributed by atoms with Crippen LogP contribution in [-0.2, 0) is 4.79 Å². The van der Waals surface area contributed by atoms with Crippen LogP contribution >= 0.6 is 0 Å². The van der Waals surface area contributed by atoms with E-state index >= 15 is 0 Å². The fourth-order valence-corrected chi connectivity index (χ4v) is 2.15. The van der Waals surface area contributed by atoms with Crippen LogP contribution < -0.4 is 5.32 Å². The SMILES string of the molecule is CCC(O)CNC(=O)CC(=O)c1cccc2ccccc12. The molecule has 0 bridgehead atoms. The van der Waals surface area contributed by atoms with Gasteiger partial charge in [0.2, 0.25) is 5.91 Å². The summed E-state index contributed by atoms with van der Waals surface area (Å²) in [5, 5.41) is 13.8. The van der Waals surface area contributed by atoms with E-state index in [-0.39, 0.29) is 24.7 Å². The Balaban J connectivity index is 2.07. The summed E-state index contributed by atoms with van der Waals surface area (Å²) in [6.45, 7) is 2.01. The lowest BCUT2D eigenvalue weighted by Gasteiger charge is -2.09. The summed E-state index contributed by atoms with van der Waals surface area (Å²) in [6.07, 6.45) is -0.205. The van der Waals surface area contributed by atoms with Crippen molar-refractivity contribution in [2.45, 2.75) is 25.9 Å². The van der Waals surface area contributed by atoms with Gasteiger partial charge in [-0.3, -0.25) is 9.59 Å². The minimum absolute atomic E-state index is 0.179. The standard InChI is InChI=1S/C17H19NO3/c1-2-13(19)11-18-17(21)10-16(20)15-9-5-7-12-6-3-4-8-14(12)15/h3-9,13,19H,2,10-11H2,1H3,(H,18,21). The van der Waals surface area contributed by atoms with Crippen molar-refractivity contribution < 1.29 is 14.7 Å². The minimum Gasteiger partial charge on any atom is -0.391 e. The number of amides is 1. The predicted octanol–water partition coefficient (Wildman–Crippen LogP) is 2.30. The summed E-state index contributed by atoms with van der Waals surface area (Å²) in [4.78, 5) is 24.0. The van der Waals surface area contributed by atoms with Gasteiger partial charge in [0.1, 0.15) is 0 Å². The number of benzene rings is 2. The predicted molar refractivity (Wildman–Crippen MR) is 82.2 cm³/mol. The number of aliphatic hydroxyl groups excluding tert-OH is 1. The molecule has 0 aromatic heterocycles. The second-order valence-electron chi connectivity index (χ2n) is 4.99. The van der Waals surface area contributed by atoms with E-state index in [1.165, 1.54) is 0 Å². The Labute approximate surface area is 123 Å². The molecule has 2 N–H and O–H groups in total. The molecule has 0 spiro atoms. The van der Waals surface area contributed by atoms with Gasteiger partial charge in [-0.15, -0.1) is 0 Å². The molecule has 1 atom stereocenters. The van der Waals surface area contributed by atoms with Crippen molar-refractivity contribution in [3.63, 3.8) is 0 Å². The summed E-state index contributed by atoms with van der Waals surface area (Å²) in [7, 11) is 0. The Kier molecular flexibility index (Phi) is 5.06. The molecule has 0 heterocycles. The van der Waals surface area contributed by atoms with Gasteiger partial charge in [-0.2, -0.15) is 0 Å². The maximum absolute atomic E-state index is 12.3. The Morgan fingerprint density at radius 1 is 1.14 bits per heavy atom. The van der Waals surface area contributed by atoms with Crippen LogP contribution in [0.4, 0.5) is 0 Å². The van der Waals surface area contributed by atoms with E-state index in [9.17, 15) is 14.7 Å². The van der Waals surface area contributed by atoms with Crippen molar-refractivity contribution in [3.8, 4) is 0 Å². The van der Waals surface area contributed by atoms with Crippen molar-refractivity contribution in [1.82, 2.24) is 5.32 Å². The van der Waals surface area contributed by atoms with Crippen LogP contribution in [0.25, 0.3) is 10.8 Å². The van der Waals surface area contributed by atoms with Gasteiger partial charge >= 0.3 is 0 Å². The van der Waals surface area contributed by atoms with E-state index in [2.05, 4.69) is 5.32 Å². The summed E-state index contributed by atoms with van der Waals surface area (Å²) >= 11 is 0. The lowest BCUT2D eigenvalue weighted by molar-refractivity contribution is -0.120. The first-order valence-corrected chi connectivity index (χ1v) is 7.07. The molecule has 0 saturated carbocycles. The van der Waals surface area contributed by atoms with Gasteiger partial charge in [0.25, 0.3) is 0 Å². The van der Waals surface area contributed by atoms with Crippen LogP contribution in [-0.4, -0.2) is 29.4 Å². The molecular weight excluding hydrogens is 266 g/mol. The van der Waals surface area contributed by atoms with Crippen molar-refractivity contribution >= 4 is 22.5 Å². The number of hydrogen-bond acceptors (Lipinski definition) is 3. The lowest BCUT2D eigenvalue weighted by Crippen LogP contribution is -2.32. The van der Waals surface area contributed by atoms with E-state index in [1.807, 2.05) is 43.3 Å². The van der Waals surface area contributed by atoms with E-state index in [1.54, 1.807) is 6.07 Å². The van der Waals surface area contributed by atoms with Crippen LogP contribution in [0.2, 0.25) is 0 Å². The van der Waals surface area contributed by atoms with Gasteiger partial charge < -0.3 is 10.4 Å². The van der Waals surface area contributed by atoms with Crippen LogP contribution in [0.3, 0.4) is 0 Å². The number of nitrogens with one attached hydrogen (secondary N) is 1. The number of fused-ring (bicyclic) bond motifs is 1. The molecule has 21 heavy (non-hydrogen) atoms. The quantitative estimate of drug-likeness (QED) is 0.632. The maximum atomic E-state index is 12.3. The Hall–Kier alpha value is -2.20. The summed E-state index contributed by atoms with van der Waals surface area (Å²) in [6, 6.07) is 13.1. The largest absolute Gasteiger partial charge is 0.391 e. The molecule has 2 aromatic carbocycles. The zero-order chi connectivity index (χ0) is 15.2. The van der Waals surface area contributed by atoms with E-state index < -0.39 is 6.10 Å². The van der Waals surface area contributed by atoms with E-state index in [0.29, 0.717) is 12.0 Å². The van der Waals surface area contributed by atoms with Gasteiger partial charge in [0, 0.05) is 12.1 Å². The Morgan fingerprint density at radius 3 is 2.62 bits per heavy atom. The van der Waals surface area contributed by atoms with Gasteiger partial charge in [-0.1, -0.05) is 49.4 Å². The Morgan fingerprint density at radius 2 is 1.86 bits per heavy atom. The number of carbonyl (C=O) groups excluding carboxylic acids is 2. The number of hydrogen-bond donors (Lipinski definition) is 2. The molecule has 110 valence electrons. The molecule has 0 saturated heterocycles. The topological polar surface area (TPSA) is 66.4 Å². The molecule has 1 unspecified atom stereocenters. The molecule has 4 nitrogen and oxygen atoms in total. The van der Waals surface area contributed by atoms with Crippen LogP contribution in [0.1, 0.15) is 30.1 Å². The molecule has 0 aliphatic carbocycles. The van der Waals surface area contributed by atoms with Crippen LogP contribution in [0.15, 0.2) is 42.5 Å². The van der Waals surface area contributed by atoms with Crippen LogP contribution in [0, 0.1) is 0 Å². The van der Waals surface area contributed by atoms with Crippen molar-refractivity contribution in [2.75, 3.05) is 6.54 Å². The highest BCUT2D eigenvalue weighted by Gasteiger charge is 2.14. The van der Waals surface area contributed by atoms with E-state index in [0.717, 1.165) is 10.8 Å². The van der Waals surface area contributed by atoms with E-state index in [4.69, 9.17) is 0 Å². The molecule has 1 amide bonds. The Bertz CT molecular complexity index is 646. The lowest BCUT2D eigenvalue weighted by atomic mass is 10.00. The van der Waals surface area contributed by atoms with Gasteiger partial charge in [-0.25, -0.2) is 0 Å². The third kappa shape index (κ3) is 3.89. The molecule has 0 aliphatic heterocycles. The van der Waals surface area contributed by atoms with Crippen molar-refractivity contribution in [3.05, 3.63) is 48.0 Å². The average molecular weight is 285 g/mol. The number of carbonyl (C=O) groups is 2. The van der Waals surface area contributed by atoms with Gasteiger partial charge in [-0.05, 0) is 17.2 Å². The molecule has 2 rings (SSSR count). The third-order valence-corrected chi connectivity index (χ3v) is 3.42. The van der Waals surface area contributed by atoms with Crippen molar-refractivity contribution in [1.29, 1.82) is 0 Å². The fraction of sp³-hybridized carbons (Fsp3) is 0.294.